The number of hydrogen-bond acceptors (Lipinski definition) is 5. The highest BCUT2D eigenvalue weighted by Crippen LogP contribution is 2.24. The van der Waals surface area contributed by atoms with E-state index in [2.05, 4.69) is 18.0 Å². The number of nitrogens with zero attached hydrogens (tertiary/aromatic N) is 4. The summed E-state index contributed by atoms with van der Waals surface area (Å²) in [5.74, 6) is 1.16. The van der Waals surface area contributed by atoms with Gasteiger partial charge in [-0.1, -0.05) is 55.8 Å². The summed E-state index contributed by atoms with van der Waals surface area (Å²) in [6, 6.07) is 21.5. The smallest absolute Gasteiger partial charge is 0.261 e. The van der Waals surface area contributed by atoms with Gasteiger partial charge in [0.1, 0.15) is 5.82 Å². The highest BCUT2D eigenvalue weighted by Gasteiger charge is 2.17. The van der Waals surface area contributed by atoms with Crippen molar-refractivity contribution in [2.24, 2.45) is 0 Å². The van der Waals surface area contributed by atoms with Crippen LogP contribution in [0.4, 0.5) is 0 Å². The lowest BCUT2D eigenvalue weighted by molar-refractivity contribution is 0.232. The lowest BCUT2D eigenvalue weighted by atomic mass is 9.97. The Bertz CT molecular complexity index is 1450. The summed E-state index contributed by atoms with van der Waals surface area (Å²) in [5, 5.41) is 9.43. The van der Waals surface area contributed by atoms with Gasteiger partial charge in [0.25, 0.3) is 5.56 Å². The molecule has 0 atom stereocenters. The minimum atomic E-state index is -0.0795. The van der Waals surface area contributed by atoms with E-state index in [0.717, 1.165) is 35.2 Å². The second kappa shape index (κ2) is 11.0. The van der Waals surface area contributed by atoms with Crippen LogP contribution in [0.15, 0.2) is 71.7 Å². The maximum absolute atomic E-state index is 13.8. The molecule has 0 aliphatic heterocycles. The molecule has 6 heteroatoms. The summed E-state index contributed by atoms with van der Waals surface area (Å²) in [5.41, 5.74) is 5.63. The quantitative estimate of drug-likeness (QED) is 0.319. The molecule has 4 aromatic rings. The van der Waals surface area contributed by atoms with E-state index in [4.69, 9.17) is 9.72 Å². The minimum absolute atomic E-state index is 0.0224. The Hall–Kier alpha value is -4.24. The van der Waals surface area contributed by atoms with Crippen molar-refractivity contribution in [3.63, 3.8) is 0 Å². The third-order valence-corrected chi connectivity index (χ3v) is 5.95. The van der Waals surface area contributed by atoms with Crippen molar-refractivity contribution in [3.05, 3.63) is 105 Å². The molecule has 0 unspecified atom stereocenters. The zero-order chi connectivity index (χ0) is 25.7. The highest BCUT2D eigenvalue weighted by atomic mass is 16.5. The first-order valence-electron chi connectivity index (χ1n) is 12.2. The van der Waals surface area contributed by atoms with Crippen LogP contribution in [0.25, 0.3) is 16.8 Å². The van der Waals surface area contributed by atoms with Crippen LogP contribution in [-0.4, -0.2) is 20.6 Å². The first kappa shape index (κ1) is 24.9. The number of nitriles is 1. The van der Waals surface area contributed by atoms with E-state index < -0.39 is 0 Å². The van der Waals surface area contributed by atoms with Gasteiger partial charge in [0.15, 0.2) is 0 Å². The molecule has 0 bridgehead atoms. The molecule has 0 N–H and O–H groups in total. The Morgan fingerprint density at radius 1 is 1.06 bits per heavy atom. The van der Waals surface area contributed by atoms with Crippen molar-refractivity contribution in [1.82, 2.24) is 14.5 Å². The molecule has 2 heterocycles. The summed E-state index contributed by atoms with van der Waals surface area (Å²) in [7, 11) is 0. The van der Waals surface area contributed by atoms with Gasteiger partial charge in [-0.3, -0.25) is 9.36 Å². The topological polar surface area (TPSA) is 80.8 Å². The number of aromatic nitrogens is 3. The van der Waals surface area contributed by atoms with E-state index >= 15 is 0 Å². The molecular formula is C30H30N4O2. The summed E-state index contributed by atoms with van der Waals surface area (Å²) in [6.45, 7) is 7.83. The summed E-state index contributed by atoms with van der Waals surface area (Å²) in [6.07, 6.45) is 3.78. The van der Waals surface area contributed by atoms with E-state index in [0.29, 0.717) is 34.9 Å². The molecule has 0 aliphatic carbocycles. The molecule has 6 nitrogen and oxygen atoms in total. The molecular weight excluding hydrogens is 448 g/mol. The average molecular weight is 479 g/mol. The van der Waals surface area contributed by atoms with Gasteiger partial charge in [-0.15, -0.1) is 0 Å². The predicted molar refractivity (Wildman–Crippen MR) is 142 cm³/mol. The SMILES string of the molecule is CCCc1nc(C)n(-c2ccc(OC(C)C)nc2)c(=O)c1Cc1ccc(-c2ccccc2C#N)cc1. The molecule has 0 saturated heterocycles. The monoisotopic (exact) mass is 478 g/mol. The van der Waals surface area contributed by atoms with Crippen molar-refractivity contribution in [2.75, 3.05) is 0 Å². The van der Waals surface area contributed by atoms with Gasteiger partial charge in [0.2, 0.25) is 5.88 Å². The van der Waals surface area contributed by atoms with E-state index in [1.165, 1.54) is 0 Å². The zero-order valence-electron chi connectivity index (χ0n) is 21.2. The molecule has 0 saturated carbocycles. The number of aryl methyl sites for hydroxylation is 2. The number of benzene rings is 2. The third-order valence-electron chi connectivity index (χ3n) is 5.95. The van der Waals surface area contributed by atoms with E-state index in [-0.39, 0.29) is 11.7 Å². The maximum Gasteiger partial charge on any atom is 0.261 e. The van der Waals surface area contributed by atoms with Crippen LogP contribution in [0.5, 0.6) is 5.88 Å². The summed E-state index contributed by atoms with van der Waals surface area (Å²) < 4.78 is 7.27. The first-order chi connectivity index (χ1) is 17.4. The molecule has 2 aromatic carbocycles. The third kappa shape index (κ3) is 5.36. The van der Waals surface area contributed by atoms with Gasteiger partial charge >= 0.3 is 0 Å². The van der Waals surface area contributed by atoms with Crippen LogP contribution in [0.2, 0.25) is 0 Å². The molecule has 0 fully saturated rings. The normalized spacial score (nSPS) is 10.9. The van der Waals surface area contributed by atoms with Crippen LogP contribution < -0.4 is 10.3 Å². The number of ether oxygens (including phenoxy) is 1. The van der Waals surface area contributed by atoms with Crippen molar-refractivity contribution >= 4 is 0 Å². The van der Waals surface area contributed by atoms with Crippen LogP contribution in [0.1, 0.15) is 55.4 Å². The molecule has 182 valence electrons. The fourth-order valence-electron chi connectivity index (χ4n) is 4.30. The standard InChI is InChI=1S/C30H30N4O2/c1-5-8-28-27(17-22-11-13-23(14-12-22)26-10-7-6-9-24(26)18-31)30(35)34(21(4)33-28)25-15-16-29(32-19-25)36-20(2)3/h6-7,9-16,19-20H,5,8,17H2,1-4H3. The Balaban J connectivity index is 1.70. The molecule has 0 aliphatic rings. The van der Waals surface area contributed by atoms with Gasteiger partial charge in [0, 0.05) is 18.1 Å². The predicted octanol–water partition coefficient (Wildman–Crippen LogP) is 5.81. The van der Waals surface area contributed by atoms with Crippen LogP contribution in [0.3, 0.4) is 0 Å². The molecule has 36 heavy (non-hydrogen) atoms. The zero-order valence-corrected chi connectivity index (χ0v) is 21.2. The Morgan fingerprint density at radius 2 is 1.81 bits per heavy atom. The Morgan fingerprint density at radius 3 is 2.44 bits per heavy atom. The largest absolute Gasteiger partial charge is 0.475 e. The van der Waals surface area contributed by atoms with Gasteiger partial charge in [-0.2, -0.15) is 5.26 Å². The second-order valence-corrected chi connectivity index (χ2v) is 9.03. The fraction of sp³-hybridized carbons (Fsp3) is 0.267. The van der Waals surface area contributed by atoms with E-state index in [1.807, 2.05) is 75.4 Å². The lowest BCUT2D eigenvalue weighted by Crippen LogP contribution is -2.28. The number of hydrogen-bond donors (Lipinski definition) is 0. The van der Waals surface area contributed by atoms with Gasteiger partial charge < -0.3 is 4.74 Å². The van der Waals surface area contributed by atoms with Crippen LogP contribution in [0, 0.1) is 18.3 Å². The average Bonchev–Trinajstić information content (AvgIpc) is 2.87. The van der Waals surface area contributed by atoms with Crippen molar-refractivity contribution in [1.29, 1.82) is 5.26 Å². The summed E-state index contributed by atoms with van der Waals surface area (Å²) >= 11 is 0. The van der Waals surface area contributed by atoms with Crippen molar-refractivity contribution < 1.29 is 4.74 Å². The molecule has 2 aromatic heterocycles. The number of rotatable bonds is 8. The lowest BCUT2D eigenvalue weighted by Gasteiger charge is -2.16. The Kier molecular flexibility index (Phi) is 7.60. The number of pyridine rings is 1. The van der Waals surface area contributed by atoms with Crippen LogP contribution in [-0.2, 0) is 12.8 Å². The minimum Gasteiger partial charge on any atom is -0.475 e. The van der Waals surface area contributed by atoms with Crippen molar-refractivity contribution in [2.45, 2.75) is 53.1 Å². The maximum atomic E-state index is 13.8. The fourth-order valence-corrected chi connectivity index (χ4v) is 4.30. The Labute approximate surface area is 211 Å². The van der Waals surface area contributed by atoms with Gasteiger partial charge in [0.05, 0.1) is 35.3 Å². The first-order valence-corrected chi connectivity index (χ1v) is 12.2. The molecule has 0 spiro atoms. The van der Waals surface area contributed by atoms with E-state index in [9.17, 15) is 10.1 Å². The van der Waals surface area contributed by atoms with Crippen molar-refractivity contribution in [3.8, 4) is 28.8 Å². The molecule has 4 rings (SSSR count). The van der Waals surface area contributed by atoms with Crippen LogP contribution >= 0.6 is 0 Å². The summed E-state index contributed by atoms with van der Waals surface area (Å²) in [4.78, 5) is 22.9. The second-order valence-electron chi connectivity index (χ2n) is 9.03. The molecule has 0 amide bonds. The van der Waals surface area contributed by atoms with E-state index in [1.54, 1.807) is 16.8 Å². The molecule has 0 radical (unpaired) electrons. The van der Waals surface area contributed by atoms with Gasteiger partial charge in [-0.25, -0.2) is 9.97 Å². The highest BCUT2D eigenvalue weighted by molar-refractivity contribution is 5.70. The van der Waals surface area contributed by atoms with Gasteiger partial charge in [-0.05, 0) is 56.0 Å².